The van der Waals surface area contributed by atoms with Crippen molar-refractivity contribution in [1.29, 1.82) is 0 Å². The second-order valence-corrected chi connectivity index (χ2v) is 6.28. The van der Waals surface area contributed by atoms with Crippen molar-refractivity contribution in [1.82, 2.24) is 10.6 Å². The molecule has 0 aromatic heterocycles. The van der Waals surface area contributed by atoms with E-state index in [0.29, 0.717) is 0 Å². The highest BCUT2D eigenvalue weighted by molar-refractivity contribution is 7.99. The van der Waals surface area contributed by atoms with Gasteiger partial charge in [-0.05, 0) is 37.9 Å². The van der Waals surface area contributed by atoms with Crippen LogP contribution in [0.1, 0.15) is 19.3 Å². The number of benzene rings is 1. The van der Waals surface area contributed by atoms with Crippen molar-refractivity contribution in [3.63, 3.8) is 0 Å². The molecule has 1 aliphatic rings. The van der Waals surface area contributed by atoms with Gasteiger partial charge in [0.25, 0.3) is 0 Å². The van der Waals surface area contributed by atoms with E-state index in [-0.39, 0.29) is 12.1 Å². The third kappa shape index (κ3) is 5.53. The summed E-state index contributed by atoms with van der Waals surface area (Å²) in [5.41, 5.74) is 8.08. The van der Waals surface area contributed by atoms with Crippen molar-refractivity contribution in [3.05, 3.63) is 30.3 Å². The van der Waals surface area contributed by atoms with Crippen LogP contribution in [0.15, 0.2) is 35.2 Å². The monoisotopic (exact) mass is 279 g/mol. The van der Waals surface area contributed by atoms with Crippen molar-refractivity contribution in [2.24, 2.45) is 0 Å². The minimum Gasteiger partial charge on any atom is -0.393 e. The van der Waals surface area contributed by atoms with Gasteiger partial charge in [0.1, 0.15) is 0 Å². The summed E-state index contributed by atoms with van der Waals surface area (Å²) in [6.07, 6.45) is 2.61. The van der Waals surface area contributed by atoms with E-state index < -0.39 is 0 Å². The number of piperidine rings is 1. The van der Waals surface area contributed by atoms with Gasteiger partial charge >= 0.3 is 0 Å². The van der Waals surface area contributed by atoms with E-state index >= 15 is 0 Å². The summed E-state index contributed by atoms with van der Waals surface area (Å²) < 4.78 is 0. The van der Waals surface area contributed by atoms with Crippen LogP contribution in [-0.4, -0.2) is 47.5 Å². The second-order valence-electron chi connectivity index (χ2n) is 5.18. The van der Waals surface area contributed by atoms with Gasteiger partial charge in [-0.25, -0.2) is 0 Å². The molecule has 3 nitrogen and oxygen atoms in total. The van der Waals surface area contributed by atoms with Crippen molar-refractivity contribution in [2.45, 2.75) is 36.3 Å². The Balaban J connectivity index is 1.61. The number of nitrogens with one attached hydrogen (secondary N) is 1. The lowest BCUT2D eigenvalue weighted by molar-refractivity contribution is 0.0814. The molecule has 2 N–H and O–H groups in total. The number of likely N-dealkylation sites (tertiary alicyclic amines) is 1. The van der Waals surface area contributed by atoms with E-state index in [4.69, 9.17) is 5.73 Å². The Morgan fingerprint density at radius 1 is 1.26 bits per heavy atom. The zero-order valence-corrected chi connectivity index (χ0v) is 12.1. The van der Waals surface area contributed by atoms with Crippen LogP contribution in [-0.2, 0) is 0 Å². The topological polar surface area (TPSA) is 47.3 Å². The van der Waals surface area contributed by atoms with Crippen molar-refractivity contribution >= 4 is 11.8 Å². The highest BCUT2D eigenvalue weighted by atomic mass is 32.2. The molecule has 0 saturated carbocycles. The summed E-state index contributed by atoms with van der Waals surface area (Å²) in [6.45, 7) is 2.97. The number of nitrogens with zero attached hydrogens (tertiary/aromatic N) is 1. The van der Waals surface area contributed by atoms with Gasteiger partial charge in [-0.3, -0.25) is 5.73 Å². The maximum atomic E-state index is 9.45. The van der Waals surface area contributed by atoms with Crippen LogP contribution in [0, 0.1) is 0 Å². The zero-order chi connectivity index (χ0) is 13.5. The van der Waals surface area contributed by atoms with E-state index in [1.807, 2.05) is 18.2 Å². The maximum Gasteiger partial charge on any atom is 0.0564 e. The first-order valence-electron chi connectivity index (χ1n) is 7.03. The second kappa shape index (κ2) is 7.90. The fraction of sp³-hybridized carbons (Fsp3) is 0.600. The Kier molecular flexibility index (Phi) is 6.17. The predicted octanol–water partition coefficient (Wildman–Crippen LogP) is 2.28. The lowest BCUT2D eigenvalue weighted by Gasteiger charge is -2.30. The molecule has 1 aromatic carbocycles. The Hall–Kier alpha value is -0.550. The highest BCUT2D eigenvalue weighted by Crippen LogP contribution is 2.19. The molecule has 1 radical (unpaired) electrons. The van der Waals surface area contributed by atoms with Gasteiger partial charge in [-0.15, -0.1) is 11.8 Å². The summed E-state index contributed by atoms with van der Waals surface area (Å²) in [7, 11) is 0. The zero-order valence-electron chi connectivity index (χ0n) is 11.3. The van der Waals surface area contributed by atoms with Crippen LogP contribution in [0.3, 0.4) is 0 Å². The summed E-state index contributed by atoms with van der Waals surface area (Å²) >= 11 is 1.77. The predicted molar refractivity (Wildman–Crippen MR) is 80.3 cm³/mol. The van der Waals surface area contributed by atoms with E-state index in [2.05, 4.69) is 17.0 Å². The van der Waals surface area contributed by atoms with E-state index in [1.165, 1.54) is 4.90 Å². The standard InChI is InChI=1S/C15H23N2OS/c16-13(12-19-15-4-2-1-3-5-15)6-9-17-10-7-14(18)8-11-17/h1-5,13-14,16,18H,6-12H2/t13-/m1/s1. The minimum atomic E-state index is -0.100. The molecule has 0 unspecified atom stereocenters. The lowest BCUT2D eigenvalue weighted by Crippen LogP contribution is -2.37. The molecule has 0 spiro atoms. The van der Waals surface area contributed by atoms with Gasteiger partial charge in [0.15, 0.2) is 0 Å². The molecule has 2 rings (SSSR count). The quantitative estimate of drug-likeness (QED) is 0.813. The number of rotatable bonds is 6. The van der Waals surface area contributed by atoms with Gasteiger partial charge in [0.2, 0.25) is 0 Å². The van der Waals surface area contributed by atoms with E-state index in [1.54, 1.807) is 11.8 Å². The molecule has 0 aliphatic carbocycles. The molecule has 0 amide bonds. The molecule has 4 heteroatoms. The molecule has 19 heavy (non-hydrogen) atoms. The van der Waals surface area contributed by atoms with Gasteiger partial charge in [-0.2, -0.15) is 0 Å². The van der Waals surface area contributed by atoms with E-state index in [9.17, 15) is 5.11 Å². The average molecular weight is 279 g/mol. The van der Waals surface area contributed by atoms with Gasteiger partial charge in [0.05, 0.1) is 6.10 Å². The fourth-order valence-corrected chi connectivity index (χ4v) is 3.19. The lowest BCUT2D eigenvalue weighted by atomic mass is 10.1. The molecule has 1 fully saturated rings. The normalized spacial score (nSPS) is 19.5. The smallest absolute Gasteiger partial charge is 0.0564 e. The summed E-state index contributed by atoms with van der Waals surface area (Å²) in [5, 5.41) is 9.45. The third-order valence-corrected chi connectivity index (χ3v) is 4.72. The molecule has 1 aliphatic heterocycles. The molecule has 1 aromatic rings. The molecule has 1 atom stereocenters. The fourth-order valence-electron chi connectivity index (χ4n) is 2.28. The summed E-state index contributed by atoms with van der Waals surface area (Å²) in [5.74, 6) is 0.862. The first kappa shape index (κ1) is 14.9. The number of aliphatic hydroxyl groups excluding tert-OH is 1. The van der Waals surface area contributed by atoms with Crippen molar-refractivity contribution in [2.75, 3.05) is 25.4 Å². The SMILES string of the molecule is [NH][C@H](CCN1CCC(O)CC1)CSc1ccccc1. The molecular weight excluding hydrogens is 256 g/mol. The van der Waals surface area contributed by atoms with Crippen LogP contribution >= 0.6 is 11.8 Å². The highest BCUT2D eigenvalue weighted by Gasteiger charge is 2.17. The number of hydrogen-bond acceptors (Lipinski definition) is 3. The first-order valence-corrected chi connectivity index (χ1v) is 8.02. The minimum absolute atomic E-state index is 0.00273. The van der Waals surface area contributed by atoms with E-state index in [0.717, 1.165) is 44.6 Å². The van der Waals surface area contributed by atoms with Crippen LogP contribution in [0.4, 0.5) is 0 Å². The van der Waals surface area contributed by atoms with Crippen LogP contribution in [0.2, 0.25) is 0 Å². The summed E-state index contributed by atoms with van der Waals surface area (Å²) in [4.78, 5) is 3.63. The molecule has 1 heterocycles. The van der Waals surface area contributed by atoms with Crippen LogP contribution in [0.5, 0.6) is 0 Å². The summed E-state index contributed by atoms with van der Waals surface area (Å²) in [6, 6.07) is 10.3. The third-order valence-electron chi connectivity index (χ3n) is 3.55. The Morgan fingerprint density at radius 2 is 1.95 bits per heavy atom. The Morgan fingerprint density at radius 3 is 2.63 bits per heavy atom. The van der Waals surface area contributed by atoms with Crippen molar-refractivity contribution < 1.29 is 5.11 Å². The largest absolute Gasteiger partial charge is 0.393 e. The molecule has 1 saturated heterocycles. The maximum absolute atomic E-state index is 9.45. The molecular formula is C15H23N2OS. The molecule has 105 valence electrons. The molecule has 0 bridgehead atoms. The van der Waals surface area contributed by atoms with Gasteiger partial charge in [0, 0.05) is 29.8 Å². The Bertz CT molecular complexity index is 352. The van der Waals surface area contributed by atoms with Gasteiger partial charge in [-0.1, -0.05) is 18.2 Å². The van der Waals surface area contributed by atoms with Crippen LogP contribution in [0.25, 0.3) is 0 Å². The number of hydrogen-bond donors (Lipinski definition) is 1. The average Bonchev–Trinajstić information content (AvgIpc) is 2.45. The number of aliphatic hydroxyl groups is 1. The van der Waals surface area contributed by atoms with Crippen molar-refractivity contribution in [3.8, 4) is 0 Å². The Labute approximate surface area is 120 Å². The number of thioether (sulfide) groups is 1. The van der Waals surface area contributed by atoms with Gasteiger partial charge < -0.3 is 10.0 Å². The first-order chi connectivity index (χ1) is 9.24. The van der Waals surface area contributed by atoms with Crippen LogP contribution < -0.4 is 5.73 Å².